The van der Waals surface area contributed by atoms with Crippen molar-refractivity contribution in [1.29, 1.82) is 0 Å². The molecule has 0 fully saturated rings. The fourth-order valence-electron chi connectivity index (χ4n) is 0.934. The molecule has 0 bridgehead atoms. The van der Waals surface area contributed by atoms with Crippen molar-refractivity contribution >= 4 is 22.0 Å². The third-order valence-electron chi connectivity index (χ3n) is 1.73. The Morgan fingerprint density at radius 1 is 1.59 bits per heavy atom. The first-order valence-electron chi connectivity index (χ1n) is 4.86. The molecular formula is C8H14N4O4S. The fraction of sp³-hybridized carbons (Fsp3) is 0.500. The van der Waals surface area contributed by atoms with E-state index in [2.05, 4.69) is 19.6 Å². The SMILES string of the molecule is CC(C)CNS(=O)(=O)Nc1cc(C(=O)O)[nH]n1. The molecule has 4 N–H and O–H groups in total. The number of carbonyl (C=O) groups is 1. The number of carboxylic acids is 1. The summed E-state index contributed by atoms with van der Waals surface area (Å²) < 4.78 is 27.3. The maximum Gasteiger partial charge on any atom is 0.353 e. The van der Waals surface area contributed by atoms with Crippen LogP contribution in [0.25, 0.3) is 0 Å². The van der Waals surface area contributed by atoms with Crippen LogP contribution in [0.3, 0.4) is 0 Å². The summed E-state index contributed by atoms with van der Waals surface area (Å²) in [7, 11) is -3.72. The predicted molar refractivity (Wildman–Crippen MR) is 60.9 cm³/mol. The highest BCUT2D eigenvalue weighted by Gasteiger charge is 2.14. The Hall–Kier alpha value is -1.61. The van der Waals surface area contributed by atoms with E-state index in [4.69, 9.17) is 5.11 Å². The molecule has 1 aromatic rings. The van der Waals surface area contributed by atoms with Crippen molar-refractivity contribution < 1.29 is 18.3 Å². The van der Waals surface area contributed by atoms with Gasteiger partial charge in [-0.05, 0) is 5.92 Å². The normalized spacial score (nSPS) is 11.7. The molecule has 1 heterocycles. The Morgan fingerprint density at radius 2 is 2.24 bits per heavy atom. The average molecular weight is 262 g/mol. The predicted octanol–water partition coefficient (Wildman–Crippen LogP) is 0.0102. The van der Waals surface area contributed by atoms with Gasteiger partial charge in [-0.3, -0.25) is 9.82 Å². The molecular weight excluding hydrogens is 248 g/mol. The van der Waals surface area contributed by atoms with Gasteiger partial charge in [0.2, 0.25) is 0 Å². The van der Waals surface area contributed by atoms with Crippen molar-refractivity contribution in [2.24, 2.45) is 5.92 Å². The monoisotopic (exact) mass is 262 g/mol. The molecule has 0 aliphatic rings. The van der Waals surface area contributed by atoms with E-state index in [0.29, 0.717) is 0 Å². The van der Waals surface area contributed by atoms with E-state index < -0.39 is 16.2 Å². The number of aromatic amines is 1. The zero-order valence-electron chi connectivity index (χ0n) is 9.39. The minimum absolute atomic E-state index is 0.0707. The van der Waals surface area contributed by atoms with Crippen LogP contribution in [0.1, 0.15) is 24.3 Å². The van der Waals surface area contributed by atoms with Gasteiger partial charge in [-0.15, -0.1) is 0 Å². The van der Waals surface area contributed by atoms with Crippen molar-refractivity contribution in [2.45, 2.75) is 13.8 Å². The highest BCUT2D eigenvalue weighted by Crippen LogP contribution is 2.06. The average Bonchev–Trinajstić information content (AvgIpc) is 2.63. The number of aromatic carboxylic acids is 1. The number of rotatable bonds is 6. The summed E-state index contributed by atoms with van der Waals surface area (Å²) in [6.45, 7) is 4.00. The number of hydrogen-bond donors (Lipinski definition) is 4. The highest BCUT2D eigenvalue weighted by atomic mass is 32.2. The van der Waals surface area contributed by atoms with Gasteiger partial charge in [-0.25, -0.2) is 4.79 Å². The van der Waals surface area contributed by atoms with E-state index in [1.165, 1.54) is 0 Å². The molecule has 0 aliphatic carbocycles. The molecule has 1 rings (SSSR count). The molecule has 9 heteroatoms. The minimum Gasteiger partial charge on any atom is -0.477 e. The van der Waals surface area contributed by atoms with Gasteiger partial charge in [0.25, 0.3) is 10.2 Å². The third kappa shape index (κ3) is 4.41. The van der Waals surface area contributed by atoms with Crippen LogP contribution in [-0.2, 0) is 10.2 Å². The minimum atomic E-state index is -3.72. The molecule has 0 spiro atoms. The zero-order chi connectivity index (χ0) is 13.1. The maximum atomic E-state index is 11.5. The van der Waals surface area contributed by atoms with Crippen LogP contribution in [0.5, 0.6) is 0 Å². The summed E-state index contributed by atoms with van der Waals surface area (Å²) in [5, 5.41) is 14.3. The highest BCUT2D eigenvalue weighted by molar-refractivity contribution is 7.90. The number of anilines is 1. The molecule has 0 atom stereocenters. The Kier molecular flexibility index (Phi) is 4.07. The number of hydrogen-bond acceptors (Lipinski definition) is 4. The van der Waals surface area contributed by atoms with Gasteiger partial charge >= 0.3 is 5.97 Å². The molecule has 0 saturated carbocycles. The van der Waals surface area contributed by atoms with Gasteiger partial charge in [0, 0.05) is 12.6 Å². The van der Waals surface area contributed by atoms with Crippen LogP contribution in [0, 0.1) is 5.92 Å². The molecule has 0 unspecified atom stereocenters. The van der Waals surface area contributed by atoms with Crippen molar-refractivity contribution in [3.8, 4) is 0 Å². The summed E-state index contributed by atoms with van der Waals surface area (Å²) >= 11 is 0. The van der Waals surface area contributed by atoms with E-state index in [-0.39, 0.29) is 24.0 Å². The van der Waals surface area contributed by atoms with Crippen LogP contribution in [0.4, 0.5) is 5.82 Å². The van der Waals surface area contributed by atoms with Crippen LogP contribution in [0.15, 0.2) is 6.07 Å². The Morgan fingerprint density at radius 3 is 2.71 bits per heavy atom. The lowest BCUT2D eigenvalue weighted by molar-refractivity contribution is 0.0690. The van der Waals surface area contributed by atoms with E-state index in [1.54, 1.807) is 0 Å². The number of nitrogens with zero attached hydrogens (tertiary/aromatic N) is 1. The molecule has 0 radical (unpaired) electrons. The van der Waals surface area contributed by atoms with Crippen LogP contribution < -0.4 is 9.44 Å². The topological polar surface area (TPSA) is 124 Å². The van der Waals surface area contributed by atoms with Crippen molar-refractivity contribution in [3.63, 3.8) is 0 Å². The van der Waals surface area contributed by atoms with Crippen molar-refractivity contribution in [2.75, 3.05) is 11.3 Å². The summed E-state index contributed by atoms with van der Waals surface area (Å²) in [6.07, 6.45) is 0. The zero-order valence-corrected chi connectivity index (χ0v) is 10.2. The Balaban J connectivity index is 2.66. The second-order valence-corrected chi connectivity index (χ2v) is 5.32. The first-order chi connectivity index (χ1) is 7.80. The van der Waals surface area contributed by atoms with Crippen LogP contribution in [0.2, 0.25) is 0 Å². The second-order valence-electron chi connectivity index (χ2n) is 3.82. The van der Waals surface area contributed by atoms with Gasteiger partial charge in [0.15, 0.2) is 5.82 Å². The Bertz CT molecular complexity index is 493. The first kappa shape index (κ1) is 13.5. The van der Waals surface area contributed by atoms with Crippen molar-refractivity contribution in [1.82, 2.24) is 14.9 Å². The van der Waals surface area contributed by atoms with Gasteiger partial charge < -0.3 is 5.11 Å². The quantitative estimate of drug-likeness (QED) is 0.575. The van der Waals surface area contributed by atoms with Crippen LogP contribution in [-0.4, -0.2) is 36.2 Å². The number of H-pyrrole nitrogens is 1. The van der Waals surface area contributed by atoms with Crippen LogP contribution >= 0.6 is 0 Å². The molecule has 0 amide bonds. The molecule has 96 valence electrons. The van der Waals surface area contributed by atoms with Crippen molar-refractivity contribution in [3.05, 3.63) is 11.8 Å². The Labute approximate surface area is 98.6 Å². The molecule has 0 aromatic carbocycles. The van der Waals surface area contributed by atoms with Gasteiger partial charge in [0.05, 0.1) is 0 Å². The standard InChI is InChI=1S/C8H14N4O4S/c1-5(2)4-9-17(15,16)12-7-3-6(8(13)14)10-11-7/h3,5,9H,4H2,1-2H3,(H,13,14)(H2,10,11,12). The lowest BCUT2D eigenvalue weighted by Gasteiger charge is -2.08. The molecule has 8 nitrogen and oxygen atoms in total. The molecule has 17 heavy (non-hydrogen) atoms. The smallest absolute Gasteiger partial charge is 0.353 e. The molecule has 0 aliphatic heterocycles. The summed E-state index contributed by atoms with van der Waals surface area (Å²) in [5.74, 6) is -1.11. The lowest BCUT2D eigenvalue weighted by atomic mass is 10.2. The largest absolute Gasteiger partial charge is 0.477 e. The van der Waals surface area contributed by atoms with Gasteiger partial charge in [-0.2, -0.15) is 18.2 Å². The molecule has 1 aromatic heterocycles. The van der Waals surface area contributed by atoms with E-state index >= 15 is 0 Å². The summed E-state index contributed by atoms with van der Waals surface area (Å²) in [6, 6.07) is 1.09. The van der Waals surface area contributed by atoms with E-state index in [9.17, 15) is 13.2 Å². The van der Waals surface area contributed by atoms with Gasteiger partial charge in [-0.1, -0.05) is 13.8 Å². The van der Waals surface area contributed by atoms with E-state index in [1.807, 2.05) is 13.8 Å². The fourth-order valence-corrected chi connectivity index (χ4v) is 1.94. The summed E-state index contributed by atoms with van der Waals surface area (Å²) in [5.41, 5.74) is -0.188. The van der Waals surface area contributed by atoms with E-state index in [0.717, 1.165) is 6.07 Å². The summed E-state index contributed by atoms with van der Waals surface area (Å²) in [4.78, 5) is 10.5. The first-order valence-corrected chi connectivity index (χ1v) is 6.34. The number of aromatic nitrogens is 2. The second kappa shape index (κ2) is 5.15. The molecule has 0 saturated heterocycles. The number of nitrogens with one attached hydrogen (secondary N) is 3. The van der Waals surface area contributed by atoms with Gasteiger partial charge in [0.1, 0.15) is 5.69 Å². The lowest BCUT2D eigenvalue weighted by Crippen LogP contribution is -2.32. The maximum absolute atomic E-state index is 11.5. The number of carboxylic acid groups (broad SMARTS) is 1. The third-order valence-corrected chi connectivity index (χ3v) is 2.75.